The number of hydrogen-bond acceptors (Lipinski definition) is 6. The van der Waals surface area contributed by atoms with Gasteiger partial charge in [0.05, 0.1) is 5.69 Å². The van der Waals surface area contributed by atoms with Crippen molar-refractivity contribution in [1.82, 2.24) is 35.0 Å². The Labute approximate surface area is 145 Å². The van der Waals surface area contributed by atoms with Gasteiger partial charge in [0, 0.05) is 32.0 Å². The van der Waals surface area contributed by atoms with Crippen molar-refractivity contribution in [1.29, 1.82) is 0 Å². The maximum Gasteiger partial charge on any atom is 0.250 e. The molecule has 5 rings (SSSR count). The number of fused-ring (bicyclic) bond motifs is 1. The molecule has 0 amide bonds. The molecule has 2 aliphatic heterocycles. The number of piperidine rings is 1. The lowest BCUT2D eigenvalue weighted by Crippen LogP contribution is -2.37. The van der Waals surface area contributed by atoms with Crippen LogP contribution in [0.4, 0.5) is 5.95 Å². The molecule has 8 heteroatoms. The third-order valence-corrected chi connectivity index (χ3v) is 5.16. The van der Waals surface area contributed by atoms with Crippen LogP contribution in [0.3, 0.4) is 0 Å². The highest BCUT2D eigenvalue weighted by Crippen LogP contribution is 2.30. The number of aromatic nitrogens is 7. The van der Waals surface area contributed by atoms with E-state index in [-0.39, 0.29) is 0 Å². The minimum absolute atomic E-state index is 0.383. The summed E-state index contributed by atoms with van der Waals surface area (Å²) in [5, 5.41) is 21.2. The topological polar surface area (TPSA) is 77.6 Å². The van der Waals surface area contributed by atoms with Crippen LogP contribution < -0.4 is 4.90 Å². The van der Waals surface area contributed by atoms with Gasteiger partial charge in [-0.2, -0.15) is 4.68 Å². The molecule has 4 heterocycles. The van der Waals surface area contributed by atoms with Crippen molar-refractivity contribution < 1.29 is 0 Å². The zero-order valence-electron chi connectivity index (χ0n) is 14.0. The zero-order chi connectivity index (χ0) is 16.6. The summed E-state index contributed by atoms with van der Waals surface area (Å²) in [6, 6.07) is 10.0. The lowest BCUT2D eigenvalue weighted by molar-refractivity contribution is 0.466. The molecule has 128 valence electrons. The molecule has 1 atom stereocenters. The first-order valence-electron chi connectivity index (χ1n) is 8.91. The lowest BCUT2D eigenvalue weighted by atomic mass is 9.97. The van der Waals surface area contributed by atoms with Crippen molar-refractivity contribution >= 4 is 5.95 Å². The van der Waals surface area contributed by atoms with Crippen molar-refractivity contribution in [2.75, 3.05) is 18.0 Å². The average molecular weight is 336 g/mol. The molecule has 3 aromatic rings. The van der Waals surface area contributed by atoms with Gasteiger partial charge in [0.1, 0.15) is 11.6 Å². The Balaban J connectivity index is 1.43. The number of tetrazole rings is 1. The van der Waals surface area contributed by atoms with Crippen LogP contribution in [-0.4, -0.2) is 48.1 Å². The molecule has 1 saturated heterocycles. The highest BCUT2D eigenvalue weighted by Gasteiger charge is 2.30. The smallest absolute Gasteiger partial charge is 0.250 e. The summed E-state index contributed by atoms with van der Waals surface area (Å²) in [6.45, 7) is 2.89. The molecule has 1 unspecified atom stereocenters. The van der Waals surface area contributed by atoms with Crippen LogP contribution >= 0.6 is 0 Å². The lowest BCUT2D eigenvalue weighted by Gasteiger charge is -2.32. The molecule has 0 spiro atoms. The van der Waals surface area contributed by atoms with Crippen LogP contribution in [0, 0.1) is 0 Å². The van der Waals surface area contributed by atoms with Crippen molar-refractivity contribution in [2.24, 2.45) is 0 Å². The van der Waals surface area contributed by atoms with Crippen LogP contribution in [0.25, 0.3) is 5.69 Å². The van der Waals surface area contributed by atoms with Gasteiger partial charge in [0.25, 0.3) is 0 Å². The summed E-state index contributed by atoms with van der Waals surface area (Å²) in [7, 11) is 0. The third-order valence-electron chi connectivity index (χ3n) is 5.16. The first-order valence-corrected chi connectivity index (χ1v) is 8.91. The average Bonchev–Trinajstić information content (AvgIpc) is 3.39. The number of aryl methyl sites for hydroxylation is 1. The second-order valence-electron chi connectivity index (χ2n) is 6.74. The van der Waals surface area contributed by atoms with Crippen LogP contribution in [0.2, 0.25) is 0 Å². The monoisotopic (exact) mass is 336 g/mol. The van der Waals surface area contributed by atoms with E-state index in [9.17, 15) is 0 Å². The van der Waals surface area contributed by atoms with Gasteiger partial charge in [0.15, 0.2) is 0 Å². The predicted octanol–water partition coefficient (Wildman–Crippen LogP) is 1.58. The predicted molar refractivity (Wildman–Crippen MR) is 91.7 cm³/mol. The summed E-state index contributed by atoms with van der Waals surface area (Å²) in [5.41, 5.74) is 0.980. The molecule has 1 fully saturated rings. The van der Waals surface area contributed by atoms with E-state index in [0.717, 1.165) is 62.2 Å². The minimum atomic E-state index is 0.383. The number of hydrogen-bond donors (Lipinski definition) is 0. The highest BCUT2D eigenvalue weighted by atomic mass is 15.6. The Kier molecular flexibility index (Phi) is 3.46. The van der Waals surface area contributed by atoms with Gasteiger partial charge in [-0.3, -0.25) is 0 Å². The summed E-state index contributed by atoms with van der Waals surface area (Å²) in [4.78, 5) is 2.28. The molecule has 0 radical (unpaired) electrons. The Bertz CT molecular complexity index is 868. The molecular weight excluding hydrogens is 316 g/mol. The zero-order valence-corrected chi connectivity index (χ0v) is 14.0. The second kappa shape index (κ2) is 5.94. The van der Waals surface area contributed by atoms with Crippen molar-refractivity contribution in [3.05, 3.63) is 42.0 Å². The van der Waals surface area contributed by atoms with Crippen LogP contribution in [0.1, 0.15) is 36.8 Å². The fourth-order valence-electron chi connectivity index (χ4n) is 3.96. The molecule has 1 aromatic carbocycles. The largest absolute Gasteiger partial charge is 0.339 e. The van der Waals surface area contributed by atoms with E-state index >= 15 is 0 Å². The fraction of sp³-hybridized carbons (Fsp3) is 0.471. The van der Waals surface area contributed by atoms with E-state index in [1.54, 1.807) is 0 Å². The highest BCUT2D eigenvalue weighted by molar-refractivity contribution is 5.41. The van der Waals surface area contributed by atoms with Crippen molar-refractivity contribution in [3.63, 3.8) is 0 Å². The molecule has 2 aromatic heterocycles. The Hall–Kier alpha value is -2.77. The second-order valence-corrected chi connectivity index (χ2v) is 6.74. The molecule has 0 aliphatic carbocycles. The van der Waals surface area contributed by atoms with E-state index in [1.165, 1.54) is 6.42 Å². The van der Waals surface area contributed by atoms with E-state index in [1.807, 2.05) is 35.0 Å². The molecule has 2 aliphatic rings. The van der Waals surface area contributed by atoms with Gasteiger partial charge in [0.2, 0.25) is 5.95 Å². The first-order chi connectivity index (χ1) is 12.4. The van der Waals surface area contributed by atoms with Crippen molar-refractivity contribution in [3.8, 4) is 5.69 Å². The number of rotatable bonds is 3. The number of nitrogens with zero attached hydrogens (tertiary/aromatic N) is 8. The van der Waals surface area contributed by atoms with Crippen LogP contribution in [0.5, 0.6) is 0 Å². The van der Waals surface area contributed by atoms with Crippen molar-refractivity contribution in [2.45, 2.75) is 38.1 Å². The van der Waals surface area contributed by atoms with E-state index < -0.39 is 0 Å². The Morgan fingerprint density at radius 2 is 1.88 bits per heavy atom. The standard InChI is InChI=1S/C17H20N8/c1-2-7-14(8-3-1)25-17(20-21-22-25)23-10-4-6-13(12-23)16-19-18-15-9-5-11-24(15)16/h1-3,7-8,13H,4-6,9-12H2. The molecule has 8 nitrogen and oxygen atoms in total. The van der Waals surface area contributed by atoms with E-state index in [0.29, 0.717) is 5.92 Å². The number of benzene rings is 1. The maximum atomic E-state index is 4.49. The van der Waals surface area contributed by atoms with Crippen LogP contribution in [0.15, 0.2) is 30.3 Å². The third kappa shape index (κ3) is 2.48. The Morgan fingerprint density at radius 1 is 0.960 bits per heavy atom. The van der Waals surface area contributed by atoms with Crippen LogP contribution in [-0.2, 0) is 13.0 Å². The summed E-state index contributed by atoms with van der Waals surface area (Å²) in [5.74, 6) is 3.46. The SMILES string of the molecule is c1ccc(-n2nnnc2N2CCCC(c3nnc4n3CCC4)C2)cc1. The van der Waals surface area contributed by atoms with Gasteiger partial charge in [-0.05, 0) is 41.8 Å². The molecular formula is C17H20N8. The molecule has 25 heavy (non-hydrogen) atoms. The van der Waals surface area contributed by atoms with E-state index in [4.69, 9.17) is 0 Å². The van der Waals surface area contributed by atoms with Gasteiger partial charge in [-0.25, -0.2) is 0 Å². The summed E-state index contributed by atoms with van der Waals surface area (Å²) < 4.78 is 4.13. The molecule has 0 bridgehead atoms. The van der Waals surface area contributed by atoms with E-state index in [2.05, 4.69) is 35.2 Å². The Morgan fingerprint density at radius 3 is 2.80 bits per heavy atom. The maximum absolute atomic E-state index is 4.49. The normalized spacial score (nSPS) is 20.0. The summed E-state index contributed by atoms with van der Waals surface area (Å²) in [6.07, 6.45) is 4.48. The molecule has 0 N–H and O–H groups in total. The number of anilines is 1. The number of para-hydroxylation sites is 1. The summed E-state index contributed by atoms with van der Waals surface area (Å²) >= 11 is 0. The fourth-order valence-corrected chi connectivity index (χ4v) is 3.96. The minimum Gasteiger partial charge on any atom is -0.339 e. The van der Waals surface area contributed by atoms with Gasteiger partial charge >= 0.3 is 0 Å². The molecule has 0 saturated carbocycles. The quantitative estimate of drug-likeness (QED) is 0.723. The first kappa shape index (κ1) is 14.6. The van der Waals surface area contributed by atoms with Gasteiger partial charge in [-0.1, -0.05) is 23.3 Å². The van der Waals surface area contributed by atoms with Gasteiger partial charge in [-0.15, -0.1) is 10.2 Å². The van der Waals surface area contributed by atoms with Gasteiger partial charge < -0.3 is 9.47 Å².